The highest BCUT2D eigenvalue weighted by molar-refractivity contribution is 5.89. The molecule has 2 nitrogen and oxygen atoms in total. The molecule has 1 rings (SSSR count). The fourth-order valence-corrected chi connectivity index (χ4v) is 1.44. The van der Waals surface area contributed by atoms with Crippen LogP contribution in [0.25, 0.3) is 0 Å². The Morgan fingerprint density at radius 1 is 1.50 bits per heavy atom. The Hall–Kier alpha value is -0.370. The zero-order valence-electron chi connectivity index (χ0n) is 6.76. The van der Waals surface area contributed by atoms with E-state index in [2.05, 4.69) is 18.7 Å². The van der Waals surface area contributed by atoms with Gasteiger partial charge < -0.3 is 0 Å². The van der Waals surface area contributed by atoms with Gasteiger partial charge >= 0.3 is 0 Å². The average Bonchev–Trinajstić information content (AvgIpc) is 1.96. The molecule has 0 aliphatic heterocycles. The van der Waals surface area contributed by atoms with Gasteiger partial charge in [0.25, 0.3) is 0 Å². The number of hydrogen-bond acceptors (Lipinski definition) is 2. The van der Waals surface area contributed by atoms with Gasteiger partial charge in [0, 0.05) is 6.42 Å². The first-order valence-corrected chi connectivity index (χ1v) is 4.06. The molecule has 1 atom stereocenters. The number of Topliss-reactive ketones (excluding diaryl/α,β-unsaturated/α-hetero) is 1. The van der Waals surface area contributed by atoms with Crippen molar-refractivity contribution in [2.45, 2.75) is 32.7 Å². The summed E-state index contributed by atoms with van der Waals surface area (Å²) in [4.78, 5) is 13.2. The third-order valence-electron chi connectivity index (χ3n) is 2.29. The minimum atomic E-state index is 0.273. The Morgan fingerprint density at radius 3 is 2.20 bits per heavy atom. The van der Waals surface area contributed by atoms with E-state index in [9.17, 15) is 4.79 Å². The molecule has 1 unspecified atom stereocenters. The Morgan fingerprint density at radius 2 is 2.10 bits per heavy atom. The predicted octanol–water partition coefficient (Wildman–Crippen LogP) is 1.06. The quantitative estimate of drug-likeness (QED) is 0.585. The molecule has 0 spiro atoms. The van der Waals surface area contributed by atoms with Gasteiger partial charge in [-0.05, 0) is 19.5 Å². The number of carbonyl (C=O) groups excluding carboxylic acids is 1. The zero-order valence-corrected chi connectivity index (χ0v) is 6.76. The van der Waals surface area contributed by atoms with Gasteiger partial charge in [-0.2, -0.15) is 0 Å². The SMILES string of the molecule is CCN(CC)C1CCC1=O. The predicted molar refractivity (Wildman–Crippen MR) is 41.0 cm³/mol. The summed E-state index contributed by atoms with van der Waals surface area (Å²) in [7, 11) is 0. The lowest BCUT2D eigenvalue weighted by Gasteiger charge is -2.34. The van der Waals surface area contributed by atoms with Crippen molar-refractivity contribution in [3.05, 3.63) is 0 Å². The summed E-state index contributed by atoms with van der Waals surface area (Å²) < 4.78 is 0. The fraction of sp³-hybridized carbons (Fsp3) is 0.875. The van der Waals surface area contributed by atoms with Gasteiger partial charge in [0.1, 0.15) is 5.78 Å². The minimum absolute atomic E-state index is 0.273. The molecule has 0 amide bonds. The van der Waals surface area contributed by atoms with Crippen LogP contribution in [0.15, 0.2) is 0 Å². The summed E-state index contributed by atoms with van der Waals surface area (Å²) in [5.41, 5.74) is 0. The van der Waals surface area contributed by atoms with Crippen molar-refractivity contribution in [3.8, 4) is 0 Å². The van der Waals surface area contributed by atoms with E-state index in [0.717, 1.165) is 25.9 Å². The van der Waals surface area contributed by atoms with Crippen molar-refractivity contribution >= 4 is 5.78 Å². The molecule has 0 saturated heterocycles. The highest BCUT2D eigenvalue weighted by Crippen LogP contribution is 2.20. The molecule has 2 heteroatoms. The molecule has 10 heavy (non-hydrogen) atoms. The van der Waals surface area contributed by atoms with Crippen molar-refractivity contribution < 1.29 is 4.79 Å². The lowest BCUT2D eigenvalue weighted by Crippen LogP contribution is -2.47. The second-order valence-electron chi connectivity index (χ2n) is 2.74. The van der Waals surface area contributed by atoms with Crippen molar-refractivity contribution in [3.63, 3.8) is 0 Å². The monoisotopic (exact) mass is 141 g/mol. The van der Waals surface area contributed by atoms with Gasteiger partial charge in [0.05, 0.1) is 6.04 Å². The molecule has 1 saturated carbocycles. The molecule has 0 heterocycles. The topological polar surface area (TPSA) is 20.3 Å². The summed E-state index contributed by atoms with van der Waals surface area (Å²) in [6.07, 6.45) is 1.89. The van der Waals surface area contributed by atoms with E-state index in [1.807, 2.05) is 0 Å². The van der Waals surface area contributed by atoms with Crippen molar-refractivity contribution in [1.82, 2.24) is 4.90 Å². The Bertz CT molecular complexity index is 129. The van der Waals surface area contributed by atoms with Crippen molar-refractivity contribution in [1.29, 1.82) is 0 Å². The van der Waals surface area contributed by atoms with Crippen LogP contribution in [0, 0.1) is 0 Å². The van der Waals surface area contributed by atoms with E-state index in [1.165, 1.54) is 0 Å². The molecule has 0 aromatic heterocycles. The molecular formula is C8H15NO. The number of nitrogens with zero attached hydrogens (tertiary/aromatic N) is 1. The summed E-state index contributed by atoms with van der Waals surface area (Å²) in [5, 5.41) is 0. The standard InChI is InChI=1S/C8H15NO/c1-3-9(4-2)7-5-6-8(7)10/h7H,3-6H2,1-2H3. The van der Waals surface area contributed by atoms with Gasteiger partial charge in [0.2, 0.25) is 0 Å². The first-order chi connectivity index (χ1) is 4.79. The Labute approximate surface area is 62.2 Å². The van der Waals surface area contributed by atoms with E-state index in [4.69, 9.17) is 0 Å². The highest BCUT2D eigenvalue weighted by Gasteiger charge is 2.31. The zero-order chi connectivity index (χ0) is 7.56. The van der Waals surface area contributed by atoms with Crippen LogP contribution in [0.5, 0.6) is 0 Å². The lowest BCUT2D eigenvalue weighted by molar-refractivity contribution is -0.131. The van der Waals surface area contributed by atoms with E-state index in [-0.39, 0.29) is 6.04 Å². The van der Waals surface area contributed by atoms with E-state index in [0.29, 0.717) is 5.78 Å². The first-order valence-electron chi connectivity index (χ1n) is 4.06. The van der Waals surface area contributed by atoms with Crippen LogP contribution in [-0.2, 0) is 4.79 Å². The Kier molecular flexibility index (Phi) is 2.44. The Balaban J connectivity index is 2.38. The molecule has 0 aromatic rings. The van der Waals surface area contributed by atoms with Crippen LogP contribution in [0.1, 0.15) is 26.7 Å². The lowest BCUT2D eigenvalue weighted by atomic mass is 9.90. The van der Waals surface area contributed by atoms with Gasteiger partial charge in [0.15, 0.2) is 0 Å². The maximum atomic E-state index is 10.9. The summed E-state index contributed by atoms with van der Waals surface area (Å²) >= 11 is 0. The van der Waals surface area contributed by atoms with Gasteiger partial charge in [-0.15, -0.1) is 0 Å². The van der Waals surface area contributed by atoms with Crippen LogP contribution in [-0.4, -0.2) is 29.8 Å². The summed E-state index contributed by atoms with van der Waals surface area (Å²) in [6.45, 7) is 6.23. The molecule has 1 fully saturated rings. The third-order valence-corrected chi connectivity index (χ3v) is 2.29. The van der Waals surface area contributed by atoms with Gasteiger partial charge in [-0.3, -0.25) is 9.69 Å². The molecule has 58 valence electrons. The van der Waals surface area contributed by atoms with Crippen molar-refractivity contribution in [2.75, 3.05) is 13.1 Å². The second kappa shape index (κ2) is 3.15. The fourth-order valence-electron chi connectivity index (χ4n) is 1.44. The van der Waals surface area contributed by atoms with Crippen molar-refractivity contribution in [2.24, 2.45) is 0 Å². The highest BCUT2D eigenvalue weighted by atomic mass is 16.1. The number of likely N-dealkylation sites (N-methyl/N-ethyl adjacent to an activating group) is 1. The van der Waals surface area contributed by atoms with Gasteiger partial charge in [-0.1, -0.05) is 13.8 Å². The largest absolute Gasteiger partial charge is 0.298 e. The molecule has 1 aliphatic carbocycles. The number of carbonyl (C=O) groups is 1. The maximum absolute atomic E-state index is 10.9. The minimum Gasteiger partial charge on any atom is -0.298 e. The van der Waals surface area contributed by atoms with Crippen LogP contribution in [0.3, 0.4) is 0 Å². The number of ketones is 1. The smallest absolute Gasteiger partial charge is 0.150 e. The molecule has 0 aromatic carbocycles. The van der Waals surface area contributed by atoms with E-state index in [1.54, 1.807) is 0 Å². The first kappa shape index (κ1) is 7.73. The molecule has 0 bridgehead atoms. The number of hydrogen-bond donors (Lipinski definition) is 0. The molecule has 0 radical (unpaired) electrons. The second-order valence-corrected chi connectivity index (χ2v) is 2.74. The van der Waals surface area contributed by atoms with Crippen LogP contribution < -0.4 is 0 Å². The van der Waals surface area contributed by atoms with Crippen LogP contribution in [0.4, 0.5) is 0 Å². The maximum Gasteiger partial charge on any atom is 0.150 e. The normalized spacial score (nSPS) is 25.1. The summed E-state index contributed by atoms with van der Waals surface area (Å²) in [6, 6.07) is 0.273. The van der Waals surface area contributed by atoms with Crippen LogP contribution in [0.2, 0.25) is 0 Å². The number of rotatable bonds is 3. The average molecular weight is 141 g/mol. The van der Waals surface area contributed by atoms with Gasteiger partial charge in [-0.25, -0.2) is 0 Å². The summed E-state index contributed by atoms with van der Waals surface area (Å²) in [5.74, 6) is 0.434. The molecule has 0 N–H and O–H groups in total. The molecular weight excluding hydrogens is 126 g/mol. The van der Waals surface area contributed by atoms with E-state index < -0.39 is 0 Å². The third kappa shape index (κ3) is 1.21. The van der Waals surface area contributed by atoms with Crippen LogP contribution >= 0.6 is 0 Å². The molecule has 1 aliphatic rings. The van der Waals surface area contributed by atoms with E-state index >= 15 is 0 Å².